The number of nitrogens with one attached hydrogen (secondary N) is 2. The Kier molecular flexibility index (Phi) is 5.54. The van der Waals surface area contributed by atoms with Gasteiger partial charge in [0.1, 0.15) is 0 Å². The fourth-order valence-corrected chi connectivity index (χ4v) is 2.94. The van der Waals surface area contributed by atoms with Gasteiger partial charge in [-0.05, 0) is 63.2 Å². The maximum atomic E-state index is 3.77. The van der Waals surface area contributed by atoms with Crippen molar-refractivity contribution in [2.24, 2.45) is 0 Å². The van der Waals surface area contributed by atoms with Crippen LogP contribution >= 0.6 is 11.8 Å². The number of hydrogen-bond acceptors (Lipinski definition) is 3. The van der Waals surface area contributed by atoms with Crippen LogP contribution in [0, 0.1) is 0 Å². The van der Waals surface area contributed by atoms with E-state index in [1.807, 2.05) is 0 Å². The molecular formula is C15H24N2S. The number of thioether (sulfide) groups is 1. The molecule has 0 aromatic heterocycles. The summed E-state index contributed by atoms with van der Waals surface area (Å²) in [6, 6.07) is 10.0. The van der Waals surface area contributed by atoms with Crippen molar-refractivity contribution in [3.05, 3.63) is 29.8 Å². The van der Waals surface area contributed by atoms with Crippen molar-refractivity contribution in [1.82, 2.24) is 10.6 Å². The lowest BCUT2D eigenvalue weighted by atomic mass is 10.0. The van der Waals surface area contributed by atoms with Gasteiger partial charge in [-0.25, -0.2) is 0 Å². The second-order valence-electron chi connectivity index (χ2n) is 5.04. The fourth-order valence-electron chi connectivity index (χ4n) is 2.53. The molecule has 1 heterocycles. The smallest absolute Gasteiger partial charge is 0.0294 e. The molecule has 1 aliphatic heterocycles. The Labute approximate surface area is 115 Å². The predicted octanol–water partition coefficient (Wildman–Crippen LogP) is 3.20. The Hall–Kier alpha value is -0.510. The number of benzene rings is 1. The molecule has 18 heavy (non-hydrogen) atoms. The second-order valence-corrected chi connectivity index (χ2v) is 5.92. The van der Waals surface area contributed by atoms with Crippen LogP contribution in [-0.4, -0.2) is 25.4 Å². The van der Waals surface area contributed by atoms with E-state index >= 15 is 0 Å². The second kappa shape index (κ2) is 7.17. The van der Waals surface area contributed by atoms with Crippen LogP contribution in [0.2, 0.25) is 0 Å². The van der Waals surface area contributed by atoms with Crippen LogP contribution in [-0.2, 0) is 0 Å². The molecule has 0 amide bonds. The zero-order valence-corrected chi connectivity index (χ0v) is 12.2. The van der Waals surface area contributed by atoms with Gasteiger partial charge in [0.15, 0.2) is 0 Å². The predicted molar refractivity (Wildman–Crippen MR) is 80.3 cm³/mol. The lowest BCUT2D eigenvalue weighted by Gasteiger charge is -2.22. The minimum atomic E-state index is 0.448. The van der Waals surface area contributed by atoms with Gasteiger partial charge in [0, 0.05) is 17.0 Å². The summed E-state index contributed by atoms with van der Waals surface area (Å²) in [5.41, 5.74) is 1.39. The van der Waals surface area contributed by atoms with Crippen molar-refractivity contribution < 1.29 is 0 Å². The summed E-state index contributed by atoms with van der Waals surface area (Å²) in [5, 5.41) is 7.23. The molecule has 2 unspecified atom stereocenters. The first-order valence-corrected chi connectivity index (χ1v) is 8.13. The van der Waals surface area contributed by atoms with Crippen molar-refractivity contribution in [3.8, 4) is 0 Å². The van der Waals surface area contributed by atoms with Gasteiger partial charge in [-0.2, -0.15) is 0 Å². The molecule has 0 bridgehead atoms. The van der Waals surface area contributed by atoms with Crippen molar-refractivity contribution in [2.75, 3.05) is 19.3 Å². The molecule has 0 aliphatic carbocycles. The van der Waals surface area contributed by atoms with Crippen molar-refractivity contribution in [3.63, 3.8) is 0 Å². The van der Waals surface area contributed by atoms with Gasteiger partial charge in [0.25, 0.3) is 0 Å². The Morgan fingerprint density at radius 3 is 2.72 bits per heavy atom. The topological polar surface area (TPSA) is 24.1 Å². The van der Waals surface area contributed by atoms with E-state index in [4.69, 9.17) is 0 Å². The van der Waals surface area contributed by atoms with E-state index in [1.165, 1.54) is 36.3 Å². The third-order valence-corrected chi connectivity index (χ3v) is 4.42. The monoisotopic (exact) mass is 264 g/mol. The highest BCUT2D eigenvalue weighted by molar-refractivity contribution is 7.98. The third-order valence-electron chi connectivity index (χ3n) is 3.68. The van der Waals surface area contributed by atoms with Gasteiger partial charge in [-0.1, -0.05) is 12.1 Å². The van der Waals surface area contributed by atoms with E-state index in [0.717, 1.165) is 6.54 Å². The minimum Gasteiger partial charge on any atom is -0.317 e. The van der Waals surface area contributed by atoms with Gasteiger partial charge in [-0.3, -0.25) is 0 Å². The minimum absolute atomic E-state index is 0.448. The molecular weight excluding hydrogens is 240 g/mol. The molecule has 0 saturated carbocycles. The Balaban J connectivity index is 1.90. The van der Waals surface area contributed by atoms with E-state index < -0.39 is 0 Å². The molecule has 1 fully saturated rings. The Morgan fingerprint density at radius 1 is 1.22 bits per heavy atom. The van der Waals surface area contributed by atoms with E-state index in [2.05, 4.69) is 48.1 Å². The van der Waals surface area contributed by atoms with Crippen LogP contribution in [0.5, 0.6) is 0 Å². The van der Waals surface area contributed by atoms with Crippen LogP contribution in [0.15, 0.2) is 29.2 Å². The van der Waals surface area contributed by atoms with Crippen LogP contribution in [0.1, 0.15) is 37.8 Å². The quantitative estimate of drug-likeness (QED) is 0.817. The maximum Gasteiger partial charge on any atom is 0.0294 e. The molecule has 100 valence electrons. The highest BCUT2D eigenvalue weighted by Crippen LogP contribution is 2.20. The molecule has 2 N–H and O–H groups in total. The zero-order valence-electron chi connectivity index (χ0n) is 11.4. The first-order chi connectivity index (χ1) is 8.79. The number of rotatable bonds is 4. The van der Waals surface area contributed by atoms with Crippen molar-refractivity contribution in [1.29, 1.82) is 0 Å². The molecule has 1 aliphatic rings. The summed E-state index contributed by atoms with van der Waals surface area (Å²) < 4.78 is 0. The molecule has 0 radical (unpaired) electrons. The lowest BCUT2D eigenvalue weighted by molar-refractivity contribution is 0.421. The average molecular weight is 264 g/mol. The van der Waals surface area contributed by atoms with E-state index in [9.17, 15) is 0 Å². The summed E-state index contributed by atoms with van der Waals surface area (Å²) in [6.07, 6.45) is 5.94. The molecule has 1 aromatic rings. The highest BCUT2D eigenvalue weighted by Gasteiger charge is 2.14. The molecule has 2 rings (SSSR count). The molecule has 0 spiro atoms. The summed E-state index contributed by atoms with van der Waals surface area (Å²) in [6.45, 7) is 4.59. The first kappa shape index (κ1) is 13.9. The molecule has 3 heteroatoms. The summed E-state index contributed by atoms with van der Waals surface area (Å²) in [7, 11) is 0. The molecule has 1 saturated heterocycles. The van der Waals surface area contributed by atoms with E-state index in [0.29, 0.717) is 12.1 Å². The molecule has 1 aromatic carbocycles. The van der Waals surface area contributed by atoms with Gasteiger partial charge in [-0.15, -0.1) is 11.8 Å². The molecule has 2 nitrogen and oxygen atoms in total. The lowest BCUT2D eigenvalue weighted by Crippen LogP contribution is -2.32. The van der Waals surface area contributed by atoms with Crippen LogP contribution in [0.4, 0.5) is 0 Å². The summed E-state index contributed by atoms with van der Waals surface area (Å²) in [5.74, 6) is 0. The average Bonchev–Trinajstić information content (AvgIpc) is 2.67. The van der Waals surface area contributed by atoms with Gasteiger partial charge >= 0.3 is 0 Å². The van der Waals surface area contributed by atoms with E-state index in [-0.39, 0.29) is 0 Å². The summed E-state index contributed by atoms with van der Waals surface area (Å²) in [4.78, 5) is 1.34. The molecule has 2 atom stereocenters. The van der Waals surface area contributed by atoms with Gasteiger partial charge in [0.05, 0.1) is 0 Å². The van der Waals surface area contributed by atoms with Gasteiger partial charge < -0.3 is 10.6 Å². The fraction of sp³-hybridized carbons (Fsp3) is 0.600. The largest absolute Gasteiger partial charge is 0.317 e. The van der Waals surface area contributed by atoms with Crippen molar-refractivity contribution >= 4 is 11.8 Å². The van der Waals surface area contributed by atoms with Crippen LogP contribution in [0.25, 0.3) is 0 Å². The SMILES string of the molecule is CSc1ccc(C(C)NC2CCCNCC2)cc1. The van der Waals surface area contributed by atoms with Crippen molar-refractivity contribution in [2.45, 2.75) is 43.2 Å². The van der Waals surface area contributed by atoms with Crippen LogP contribution < -0.4 is 10.6 Å². The highest BCUT2D eigenvalue weighted by atomic mass is 32.2. The van der Waals surface area contributed by atoms with E-state index in [1.54, 1.807) is 11.8 Å². The normalized spacial score (nSPS) is 22.4. The Morgan fingerprint density at radius 2 is 2.00 bits per heavy atom. The number of hydrogen-bond donors (Lipinski definition) is 2. The Bertz CT molecular complexity index is 342. The maximum absolute atomic E-state index is 3.77. The zero-order chi connectivity index (χ0) is 12.8. The third kappa shape index (κ3) is 4.01. The standard InChI is InChI=1S/C15H24N2S/c1-12(13-5-7-15(18-2)8-6-13)17-14-4-3-10-16-11-9-14/h5-8,12,14,16-17H,3-4,9-11H2,1-2H3. The summed E-state index contributed by atoms with van der Waals surface area (Å²) >= 11 is 1.80. The van der Waals surface area contributed by atoms with Gasteiger partial charge in [0.2, 0.25) is 0 Å². The van der Waals surface area contributed by atoms with Crippen LogP contribution in [0.3, 0.4) is 0 Å². The first-order valence-electron chi connectivity index (χ1n) is 6.90.